The Bertz CT molecular complexity index is 251. The minimum absolute atomic E-state index is 0.107. The number of halogens is 2. The number of aromatic carboxylic acids is 1. The van der Waals surface area contributed by atoms with Gasteiger partial charge in [0.1, 0.15) is 9.60 Å². The molecule has 5 heteroatoms. The molecular formula is C5HBrFO2S-. The Morgan fingerprint density at radius 3 is 2.60 bits per heavy atom. The first kappa shape index (κ1) is 7.68. The summed E-state index contributed by atoms with van der Waals surface area (Å²) in [6.07, 6.45) is 0. The number of carbonyl (C=O) groups is 1. The number of carbonyl (C=O) groups excluding carboxylic acids is 1. The van der Waals surface area contributed by atoms with Crippen LogP contribution in [-0.4, -0.2) is 5.97 Å². The van der Waals surface area contributed by atoms with Crippen molar-refractivity contribution in [3.63, 3.8) is 0 Å². The second-order valence-corrected chi connectivity index (χ2v) is 3.89. The van der Waals surface area contributed by atoms with E-state index in [0.29, 0.717) is 0 Å². The fourth-order valence-electron chi connectivity index (χ4n) is 0.447. The lowest BCUT2D eigenvalue weighted by molar-refractivity contribution is -0.254. The number of rotatable bonds is 1. The van der Waals surface area contributed by atoms with Crippen LogP contribution < -0.4 is 5.11 Å². The van der Waals surface area contributed by atoms with Crippen molar-refractivity contribution in [2.24, 2.45) is 0 Å². The van der Waals surface area contributed by atoms with Crippen molar-refractivity contribution >= 4 is 33.2 Å². The Balaban J connectivity index is 3.10. The van der Waals surface area contributed by atoms with E-state index in [4.69, 9.17) is 0 Å². The summed E-state index contributed by atoms with van der Waals surface area (Å²) in [6, 6.07) is 0.921. The van der Waals surface area contributed by atoms with Gasteiger partial charge in [-0.3, -0.25) is 0 Å². The standard InChI is InChI=1S/C5H2BrFO2S/c6-4-2(7)1-3(10-4)5(8)9/h1H,(H,8,9)/p-1. The second-order valence-electron chi connectivity index (χ2n) is 1.52. The number of hydrogen-bond donors (Lipinski definition) is 0. The topological polar surface area (TPSA) is 40.1 Å². The van der Waals surface area contributed by atoms with Crippen LogP contribution in [0.1, 0.15) is 9.67 Å². The quantitative estimate of drug-likeness (QED) is 0.714. The van der Waals surface area contributed by atoms with Crippen LogP contribution in [0.5, 0.6) is 0 Å². The summed E-state index contributed by atoms with van der Waals surface area (Å²) in [4.78, 5) is 9.97. The molecule has 0 bridgehead atoms. The lowest BCUT2D eigenvalue weighted by Crippen LogP contribution is -2.20. The normalized spacial score (nSPS) is 9.80. The highest BCUT2D eigenvalue weighted by atomic mass is 79.9. The van der Waals surface area contributed by atoms with E-state index in [1.165, 1.54) is 0 Å². The molecule has 0 aromatic carbocycles. The second kappa shape index (κ2) is 2.67. The Morgan fingerprint density at radius 1 is 1.80 bits per heavy atom. The molecule has 0 saturated heterocycles. The number of carboxylic acid groups (broad SMARTS) is 1. The fraction of sp³-hybridized carbons (Fsp3) is 0. The zero-order valence-electron chi connectivity index (χ0n) is 4.56. The van der Waals surface area contributed by atoms with Crippen LogP contribution in [0, 0.1) is 5.82 Å². The van der Waals surface area contributed by atoms with E-state index >= 15 is 0 Å². The van der Waals surface area contributed by atoms with Gasteiger partial charge in [0.25, 0.3) is 0 Å². The van der Waals surface area contributed by atoms with E-state index in [9.17, 15) is 14.3 Å². The minimum atomic E-state index is -1.35. The molecular weight excluding hydrogens is 223 g/mol. The maximum absolute atomic E-state index is 12.4. The van der Waals surface area contributed by atoms with Gasteiger partial charge in [0, 0.05) is 0 Å². The molecule has 0 spiro atoms. The van der Waals surface area contributed by atoms with E-state index in [2.05, 4.69) is 15.9 Å². The Morgan fingerprint density at radius 2 is 2.40 bits per heavy atom. The van der Waals surface area contributed by atoms with Gasteiger partial charge in [-0.2, -0.15) is 0 Å². The molecule has 0 saturated carbocycles. The molecule has 0 atom stereocenters. The SMILES string of the molecule is O=C([O-])c1cc(F)c(Br)s1. The zero-order valence-corrected chi connectivity index (χ0v) is 6.96. The van der Waals surface area contributed by atoms with Crippen molar-refractivity contribution in [2.45, 2.75) is 0 Å². The average Bonchev–Trinajstić information content (AvgIpc) is 2.13. The van der Waals surface area contributed by atoms with E-state index in [0.717, 1.165) is 17.4 Å². The smallest absolute Gasteiger partial charge is 0.148 e. The first-order chi connectivity index (χ1) is 4.61. The molecule has 54 valence electrons. The summed E-state index contributed by atoms with van der Waals surface area (Å²) in [7, 11) is 0. The van der Waals surface area contributed by atoms with Crippen LogP contribution in [0.25, 0.3) is 0 Å². The minimum Gasteiger partial charge on any atom is -0.544 e. The number of hydrogen-bond acceptors (Lipinski definition) is 3. The van der Waals surface area contributed by atoms with Gasteiger partial charge in [0.15, 0.2) is 0 Å². The van der Waals surface area contributed by atoms with Gasteiger partial charge in [-0.25, -0.2) is 4.39 Å². The zero-order chi connectivity index (χ0) is 7.72. The summed E-state index contributed by atoms with van der Waals surface area (Å²) < 4.78 is 12.6. The summed E-state index contributed by atoms with van der Waals surface area (Å²) in [5.41, 5.74) is 0. The van der Waals surface area contributed by atoms with Gasteiger partial charge in [0.05, 0.1) is 10.8 Å². The summed E-state index contributed by atoms with van der Waals surface area (Å²) in [6.45, 7) is 0. The molecule has 0 amide bonds. The van der Waals surface area contributed by atoms with Gasteiger partial charge in [-0.1, -0.05) is 0 Å². The van der Waals surface area contributed by atoms with Crippen LogP contribution in [0.3, 0.4) is 0 Å². The molecule has 2 nitrogen and oxygen atoms in total. The lowest BCUT2D eigenvalue weighted by atomic mass is 10.5. The summed E-state index contributed by atoms with van der Waals surface area (Å²) in [5, 5.41) is 10.1. The molecule has 0 aliphatic carbocycles. The van der Waals surface area contributed by atoms with E-state index in [1.807, 2.05) is 0 Å². The van der Waals surface area contributed by atoms with Crippen LogP contribution in [0.15, 0.2) is 9.85 Å². The molecule has 0 radical (unpaired) electrons. The third-order valence-corrected chi connectivity index (χ3v) is 2.59. The largest absolute Gasteiger partial charge is 0.544 e. The monoisotopic (exact) mass is 223 g/mol. The van der Waals surface area contributed by atoms with Crippen LogP contribution in [0.4, 0.5) is 4.39 Å². The first-order valence-electron chi connectivity index (χ1n) is 2.27. The van der Waals surface area contributed by atoms with E-state index in [-0.39, 0.29) is 8.66 Å². The molecule has 0 N–H and O–H groups in total. The Hall–Kier alpha value is -0.420. The van der Waals surface area contributed by atoms with Crippen LogP contribution >= 0.6 is 27.3 Å². The highest BCUT2D eigenvalue weighted by Gasteiger charge is 2.05. The lowest BCUT2D eigenvalue weighted by Gasteiger charge is -1.91. The predicted octanol–water partition coefficient (Wildman–Crippen LogP) is 1.01. The van der Waals surface area contributed by atoms with Crippen LogP contribution in [0.2, 0.25) is 0 Å². The summed E-state index contributed by atoms with van der Waals surface area (Å²) in [5.74, 6) is -1.92. The molecule has 1 rings (SSSR count). The molecule has 1 aromatic heterocycles. The first-order valence-corrected chi connectivity index (χ1v) is 3.88. The van der Waals surface area contributed by atoms with Gasteiger partial charge in [-0.05, 0) is 22.0 Å². The molecule has 1 aromatic rings. The van der Waals surface area contributed by atoms with Crippen LogP contribution in [-0.2, 0) is 0 Å². The van der Waals surface area contributed by atoms with Gasteiger partial charge in [-0.15, -0.1) is 11.3 Å². The van der Waals surface area contributed by atoms with Crippen molar-refractivity contribution in [3.8, 4) is 0 Å². The maximum Gasteiger partial charge on any atom is 0.148 e. The molecule has 0 aliphatic heterocycles. The maximum atomic E-state index is 12.4. The Kier molecular flexibility index (Phi) is 2.05. The molecule has 10 heavy (non-hydrogen) atoms. The van der Waals surface area contributed by atoms with Crippen molar-refractivity contribution in [2.75, 3.05) is 0 Å². The molecule has 0 fully saturated rings. The van der Waals surface area contributed by atoms with Gasteiger partial charge < -0.3 is 9.90 Å². The number of thiophene rings is 1. The van der Waals surface area contributed by atoms with E-state index < -0.39 is 11.8 Å². The average molecular weight is 224 g/mol. The molecule has 0 aliphatic rings. The highest BCUT2D eigenvalue weighted by molar-refractivity contribution is 9.11. The summed E-state index contributed by atoms with van der Waals surface area (Å²) >= 11 is 3.64. The van der Waals surface area contributed by atoms with E-state index in [1.54, 1.807) is 0 Å². The predicted molar refractivity (Wildman–Crippen MR) is 36.3 cm³/mol. The Labute approximate surface area is 68.4 Å². The number of carboxylic acids is 1. The van der Waals surface area contributed by atoms with Gasteiger partial charge >= 0.3 is 0 Å². The molecule has 1 heterocycles. The van der Waals surface area contributed by atoms with Crippen molar-refractivity contribution in [1.82, 2.24) is 0 Å². The third-order valence-electron chi connectivity index (χ3n) is 0.846. The highest BCUT2D eigenvalue weighted by Crippen LogP contribution is 2.25. The van der Waals surface area contributed by atoms with Gasteiger partial charge in [0.2, 0.25) is 0 Å². The van der Waals surface area contributed by atoms with Crippen molar-refractivity contribution in [3.05, 3.63) is 20.5 Å². The molecule has 0 unspecified atom stereocenters. The van der Waals surface area contributed by atoms with Crippen molar-refractivity contribution < 1.29 is 14.3 Å². The fourth-order valence-corrected chi connectivity index (χ4v) is 1.68. The van der Waals surface area contributed by atoms with Crippen molar-refractivity contribution in [1.29, 1.82) is 0 Å². The third kappa shape index (κ3) is 1.35.